The monoisotopic (exact) mass is 314 g/mol. The molecule has 2 aromatic rings. The lowest BCUT2D eigenvalue weighted by molar-refractivity contribution is -0.116. The van der Waals surface area contributed by atoms with Crippen molar-refractivity contribution in [2.45, 2.75) is 51.0 Å². The SMILES string of the molecule is CNCCCC(=O)Nc1nc2ccccc2n1C1CCCCC1. The van der Waals surface area contributed by atoms with E-state index in [9.17, 15) is 4.79 Å². The Morgan fingerprint density at radius 2 is 2.04 bits per heavy atom. The topological polar surface area (TPSA) is 59.0 Å². The number of amides is 1. The van der Waals surface area contributed by atoms with E-state index in [1.165, 1.54) is 32.1 Å². The van der Waals surface area contributed by atoms with Gasteiger partial charge in [-0.2, -0.15) is 0 Å². The quantitative estimate of drug-likeness (QED) is 0.803. The third-order valence-corrected chi connectivity index (χ3v) is 4.62. The van der Waals surface area contributed by atoms with Gasteiger partial charge in [0.25, 0.3) is 0 Å². The summed E-state index contributed by atoms with van der Waals surface area (Å²) in [5.74, 6) is 0.764. The molecule has 1 aliphatic rings. The molecule has 1 aliphatic carbocycles. The number of anilines is 1. The Morgan fingerprint density at radius 3 is 2.83 bits per heavy atom. The summed E-state index contributed by atoms with van der Waals surface area (Å²) in [5.41, 5.74) is 2.09. The van der Waals surface area contributed by atoms with Gasteiger partial charge in [-0.05, 0) is 45.0 Å². The maximum absolute atomic E-state index is 12.2. The first-order valence-electron chi connectivity index (χ1n) is 8.71. The van der Waals surface area contributed by atoms with Gasteiger partial charge in [-0.1, -0.05) is 31.4 Å². The molecule has 0 aliphatic heterocycles. The molecule has 1 saturated carbocycles. The number of carbonyl (C=O) groups excluding carboxylic acids is 1. The van der Waals surface area contributed by atoms with E-state index in [2.05, 4.69) is 26.3 Å². The number of para-hydroxylation sites is 2. The highest BCUT2D eigenvalue weighted by atomic mass is 16.1. The molecule has 1 heterocycles. The van der Waals surface area contributed by atoms with Gasteiger partial charge in [0.1, 0.15) is 0 Å². The number of nitrogens with one attached hydrogen (secondary N) is 2. The van der Waals surface area contributed by atoms with Crippen LogP contribution in [0.25, 0.3) is 11.0 Å². The van der Waals surface area contributed by atoms with Crippen LogP contribution in [0, 0.1) is 0 Å². The van der Waals surface area contributed by atoms with Gasteiger partial charge in [0.2, 0.25) is 11.9 Å². The van der Waals surface area contributed by atoms with E-state index >= 15 is 0 Å². The molecule has 0 saturated heterocycles. The first-order valence-corrected chi connectivity index (χ1v) is 8.71. The largest absolute Gasteiger partial charge is 0.320 e. The van der Waals surface area contributed by atoms with Crippen molar-refractivity contribution in [1.29, 1.82) is 0 Å². The molecular formula is C18H26N4O. The molecule has 5 heteroatoms. The number of hydrogen-bond acceptors (Lipinski definition) is 3. The molecule has 3 rings (SSSR count). The molecule has 0 bridgehead atoms. The molecule has 1 aromatic heterocycles. The Balaban J connectivity index is 1.84. The molecule has 5 nitrogen and oxygen atoms in total. The van der Waals surface area contributed by atoms with Gasteiger partial charge in [-0.3, -0.25) is 10.1 Å². The van der Waals surface area contributed by atoms with Crippen LogP contribution in [0.5, 0.6) is 0 Å². The summed E-state index contributed by atoms with van der Waals surface area (Å²) in [7, 11) is 1.90. The molecule has 0 spiro atoms. The van der Waals surface area contributed by atoms with Crippen LogP contribution in [0.2, 0.25) is 0 Å². The molecule has 1 amide bonds. The zero-order valence-corrected chi connectivity index (χ0v) is 13.8. The number of hydrogen-bond donors (Lipinski definition) is 2. The fraction of sp³-hybridized carbons (Fsp3) is 0.556. The van der Waals surface area contributed by atoms with Crippen molar-refractivity contribution in [3.05, 3.63) is 24.3 Å². The number of rotatable bonds is 6. The molecule has 23 heavy (non-hydrogen) atoms. The number of fused-ring (bicyclic) bond motifs is 1. The lowest BCUT2D eigenvalue weighted by Gasteiger charge is -2.25. The van der Waals surface area contributed by atoms with E-state index < -0.39 is 0 Å². The number of aromatic nitrogens is 2. The predicted molar refractivity (Wildman–Crippen MR) is 93.6 cm³/mol. The van der Waals surface area contributed by atoms with Crippen LogP contribution in [0.4, 0.5) is 5.95 Å². The summed E-state index contributed by atoms with van der Waals surface area (Å²) in [6.45, 7) is 0.854. The number of carbonyl (C=O) groups is 1. The minimum absolute atomic E-state index is 0.0487. The zero-order valence-electron chi connectivity index (χ0n) is 13.8. The van der Waals surface area contributed by atoms with Gasteiger partial charge in [0.15, 0.2) is 0 Å². The Hall–Kier alpha value is -1.88. The van der Waals surface area contributed by atoms with Crippen LogP contribution < -0.4 is 10.6 Å². The Morgan fingerprint density at radius 1 is 1.26 bits per heavy atom. The smallest absolute Gasteiger partial charge is 0.226 e. The first-order chi connectivity index (χ1) is 11.3. The maximum atomic E-state index is 12.2. The zero-order chi connectivity index (χ0) is 16.1. The minimum Gasteiger partial charge on any atom is -0.320 e. The molecule has 124 valence electrons. The van der Waals surface area contributed by atoms with Crippen molar-refractivity contribution >= 4 is 22.9 Å². The second-order valence-electron chi connectivity index (χ2n) is 6.34. The normalized spacial score (nSPS) is 15.9. The van der Waals surface area contributed by atoms with Crippen molar-refractivity contribution in [2.24, 2.45) is 0 Å². The second kappa shape index (κ2) is 7.59. The molecule has 1 fully saturated rings. The lowest BCUT2D eigenvalue weighted by atomic mass is 9.95. The lowest BCUT2D eigenvalue weighted by Crippen LogP contribution is -2.20. The average Bonchev–Trinajstić information content (AvgIpc) is 2.93. The average molecular weight is 314 g/mol. The standard InChI is InChI=1S/C18H26N4O/c1-19-13-7-12-17(23)21-18-20-15-10-5-6-11-16(15)22(18)14-8-3-2-4-9-14/h5-6,10-11,14,19H,2-4,7-9,12-13H2,1H3,(H,20,21,23). The molecule has 1 aromatic carbocycles. The van der Waals surface area contributed by atoms with Crippen molar-refractivity contribution in [3.8, 4) is 0 Å². The van der Waals surface area contributed by atoms with Gasteiger partial charge < -0.3 is 9.88 Å². The van der Waals surface area contributed by atoms with Gasteiger partial charge >= 0.3 is 0 Å². The predicted octanol–water partition coefficient (Wildman–Crippen LogP) is 3.48. The number of nitrogens with zero attached hydrogens (tertiary/aromatic N) is 2. The Labute approximate surface area is 137 Å². The molecule has 2 N–H and O–H groups in total. The van der Waals surface area contributed by atoms with E-state index in [1.807, 2.05) is 25.2 Å². The van der Waals surface area contributed by atoms with E-state index in [0.29, 0.717) is 18.4 Å². The Kier molecular flexibility index (Phi) is 5.28. The number of imidazole rings is 1. The van der Waals surface area contributed by atoms with E-state index in [-0.39, 0.29) is 5.91 Å². The van der Waals surface area contributed by atoms with Crippen LogP contribution in [0.3, 0.4) is 0 Å². The highest BCUT2D eigenvalue weighted by molar-refractivity contribution is 5.91. The van der Waals surface area contributed by atoms with Crippen molar-refractivity contribution < 1.29 is 4.79 Å². The summed E-state index contributed by atoms with van der Waals surface area (Å²) >= 11 is 0. The fourth-order valence-electron chi connectivity index (χ4n) is 3.45. The van der Waals surface area contributed by atoms with Gasteiger partial charge in [0, 0.05) is 12.5 Å². The summed E-state index contributed by atoms with van der Waals surface area (Å²) in [4.78, 5) is 16.9. The van der Waals surface area contributed by atoms with Crippen molar-refractivity contribution in [2.75, 3.05) is 18.9 Å². The van der Waals surface area contributed by atoms with Crippen molar-refractivity contribution in [3.63, 3.8) is 0 Å². The molecule has 0 unspecified atom stereocenters. The summed E-state index contributed by atoms with van der Waals surface area (Å²) in [6, 6.07) is 8.61. The van der Waals surface area contributed by atoms with Gasteiger partial charge in [0.05, 0.1) is 11.0 Å². The molecule has 0 atom stereocenters. The van der Waals surface area contributed by atoms with Crippen LogP contribution >= 0.6 is 0 Å². The van der Waals surface area contributed by atoms with Crippen LogP contribution in [-0.4, -0.2) is 29.1 Å². The van der Waals surface area contributed by atoms with E-state index in [0.717, 1.165) is 24.0 Å². The molecule has 0 radical (unpaired) electrons. The van der Waals surface area contributed by atoms with Gasteiger partial charge in [-0.25, -0.2) is 4.98 Å². The maximum Gasteiger partial charge on any atom is 0.226 e. The van der Waals surface area contributed by atoms with Gasteiger partial charge in [-0.15, -0.1) is 0 Å². The third-order valence-electron chi connectivity index (χ3n) is 4.62. The van der Waals surface area contributed by atoms with Crippen LogP contribution in [0.1, 0.15) is 51.0 Å². The summed E-state index contributed by atoms with van der Waals surface area (Å²) < 4.78 is 2.25. The minimum atomic E-state index is 0.0487. The second-order valence-corrected chi connectivity index (χ2v) is 6.34. The summed E-state index contributed by atoms with van der Waals surface area (Å²) in [6.07, 6.45) is 7.53. The fourth-order valence-corrected chi connectivity index (χ4v) is 3.45. The number of benzene rings is 1. The van der Waals surface area contributed by atoms with Crippen LogP contribution in [0.15, 0.2) is 24.3 Å². The molecular weight excluding hydrogens is 288 g/mol. The van der Waals surface area contributed by atoms with Crippen molar-refractivity contribution in [1.82, 2.24) is 14.9 Å². The first kappa shape index (κ1) is 16.0. The Bertz CT molecular complexity index is 658. The van der Waals surface area contributed by atoms with E-state index in [1.54, 1.807) is 0 Å². The van der Waals surface area contributed by atoms with Crippen LogP contribution in [-0.2, 0) is 4.79 Å². The van der Waals surface area contributed by atoms with E-state index in [4.69, 9.17) is 0 Å². The third kappa shape index (κ3) is 3.72. The highest BCUT2D eigenvalue weighted by Crippen LogP contribution is 2.34. The summed E-state index contributed by atoms with van der Waals surface area (Å²) in [5, 5.41) is 6.11. The highest BCUT2D eigenvalue weighted by Gasteiger charge is 2.22.